The first kappa shape index (κ1) is 22.5. The molecule has 0 unspecified atom stereocenters. The van der Waals surface area contributed by atoms with Gasteiger partial charge in [0, 0.05) is 30.9 Å². The number of benzene rings is 1. The molecule has 2 aliphatic rings. The van der Waals surface area contributed by atoms with Crippen molar-refractivity contribution in [3.63, 3.8) is 0 Å². The van der Waals surface area contributed by atoms with Gasteiger partial charge in [-0.2, -0.15) is 0 Å². The molecule has 11 heteroatoms. The second kappa shape index (κ2) is 8.79. The average Bonchev–Trinajstić information content (AvgIpc) is 3.44. The summed E-state index contributed by atoms with van der Waals surface area (Å²) in [7, 11) is 0. The smallest absolute Gasteiger partial charge is 0.333 e. The number of piperidine rings is 1. The minimum atomic E-state index is -0.544. The Labute approximate surface area is 199 Å². The van der Waals surface area contributed by atoms with Gasteiger partial charge in [0.1, 0.15) is 11.2 Å². The Balaban J connectivity index is 1.50. The molecule has 3 aromatic rings. The Morgan fingerprint density at radius 2 is 1.94 bits per heavy atom. The average molecular weight is 486 g/mol. The van der Waals surface area contributed by atoms with Gasteiger partial charge in [-0.25, -0.2) is 9.78 Å². The first-order valence-electron chi connectivity index (χ1n) is 11.4. The van der Waals surface area contributed by atoms with E-state index in [1.165, 1.54) is 20.5 Å². The van der Waals surface area contributed by atoms with Crippen molar-refractivity contribution in [1.29, 1.82) is 0 Å². The number of rotatable bonds is 5. The third-order valence-corrected chi connectivity index (χ3v) is 7.33. The second-order valence-electron chi connectivity index (χ2n) is 9.07. The van der Waals surface area contributed by atoms with Crippen molar-refractivity contribution in [1.82, 2.24) is 14.1 Å². The summed E-state index contributed by atoms with van der Waals surface area (Å²) in [6.45, 7) is 7.37. The number of hydrogen-bond acceptors (Lipinski definition) is 8. The van der Waals surface area contributed by atoms with Crippen LogP contribution < -0.4 is 30.9 Å². The zero-order chi connectivity index (χ0) is 24.0. The van der Waals surface area contributed by atoms with Crippen LogP contribution in [-0.2, 0) is 11.3 Å². The van der Waals surface area contributed by atoms with Gasteiger partial charge >= 0.3 is 5.69 Å². The normalized spacial score (nSPS) is 15.9. The van der Waals surface area contributed by atoms with E-state index in [9.17, 15) is 14.4 Å². The van der Waals surface area contributed by atoms with E-state index in [1.807, 2.05) is 0 Å². The van der Waals surface area contributed by atoms with Crippen molar-refractivity contribution in [3.8, 4) is 11.5 Å². The highest BCUT2D eigenvalue weighted by molar-refractivity contribution is 7.22. The van der Waals surface area contributed by atoms with E-state index in [-0.39, 0.29) is 30.6 Å². The topological polar surface area (TPSA) is 108 Å². The van der Waals surface area contributed by atoms with E-state index in [0.29, 0.717) is 32.9 Å². The predicted molar refractivity (Wildman–Crippen MR) is 130 cm³/mol. The lowest BCUT2D eigenvalue weighted by atomic mass is 10.00. The largest absolute Gasteiger partial charge is 0.454 e. The highest BCUT2D eigenvalue weighted by Gasteiger charge is 2.25. The van der Waals surface area contributed by atoms with E-state index < -0.39 is 11.6 Å². The fraction of sp³-hybridized carbons (Fsp3) is 0.478. The number of fused-ring (bicyclic) bond motifs is 2. The minimum Gasteiger partial charge on any atom is -0.454 e. The number of nitrogens with one attached hydrogen (secondary N) is 1. The lowest BCUT2D eigenvalue weighted by Crippen LogP contribution is -2.42. The molecule has 2 aliphatic heterocycles. The van der Waals surface area contributed by atoms with Crippen LogP contribution in [0.2, 0.25) is 0 Å². The molecule has 2 aromatic heterocycles. The number of carbonyl (C=O) groups is 1. The van der Waals surface area contributed by atoms with Crippen LogP contribution in [0.5, 0.6) is 11.5 Å². The third kappa shape index (κ3) is 4.04. The summed E-state index contributed by atoms with van der Waals surface area (Å²) in [5.41, 5.74) is -0.127. The zero-order valence-corrected chi connectivity index (χ0v) is 20.2. The fourth-order valence-corrected chi connectivity index (χ4v) is 5.35. The van der Waals surface area contributed by atoms with Crippen molar-refractivity contribution in [2.24, 2.45) is 5.92 Å². The lowest BCUT2D eigenvalue weighted by Gasteiger charge is -2.29. The Bertz CT molecular complexity index is 1370. The third-order valence-electron chi connectivity index (χ3n) is 6.23. The summed E-state index contributed by atoms with van der Waals surface area (Å²) in [5, 5.41) is 3.51. The van der Waals surface area contributed by atoms with Gasteiger partial charge in [-0.1, -0.05) is 18.3 Å². The molecule has 4 heterocycles. The molecular weight excluding hydrogens is 458 g/mol. The number of hydrogen-bond donors (Lipinski definition) is 1. The molecule has 10 nitrogen and oxygen atoms in total. The number of thiazole rings is 1. The Morgan fingerprint density at radius 1 is 1.21 bits per heavy atom. The summed E-state index contributed by atoms with van der Waals surface area (Å²) in [6, 6.07) is 4.74. The molecule has 1 amide bonds. The summed E-state index contributed by atoms with van der Waals surface area (Å²) in [4.78, 5) is 46.2. The molecule has 1 N–H and O–H groups in total. The highest BCUT2D eigenvalue weighted by Crippen LogP contribution is 2.34. The van der Waals surface area contributed by atoms with Gasteiger partial charge in [-0.05, 0) is 44.7 Å². The van der Waals surface area contributed by atoms with Crippen LogP contribution in [0.3, 0.4) is 0 Å². The highest BCUT2D eigenvalue weighted by atomic mass is 32.1. The number of nitrogens with zero attached hydrogens (tertiary/aromatic N) is 4. The van der Waals surface area contributed by atoms with Crippen molar-refractivity contribution < 1.29 is 14.3 Å². The summed E-state index contributed by atoms with van der Waals surface area (Å²) in [5.74, 6) is 1.41. The Morgan fingerprint density at radius 3 is 2.68 bits per heavy atom. The van der Waals surface area contributed by atoms with Gasteiger partial charge in [0.05, 0.1) is 0 Å². The van der Waals surface area contributed by atoms with E-state index in [4.69, 9.17) is 9.47 Å². The molecule has 0 atom stereocenters. The molecule has 34 heavy (non-hydrogen) atoms. The van der Waals surface area contributed by atoms with Gasteiger partial charge in [0.15, 0.2) is 22.3 Å². The van der Waals surface area contributed by atoms with E-state index in [0.717, 1.165) is 25.9 Å². The molecule has 0 radical (unpaired) electrons. The maximum atomic E-state index is 13.3. The van der Waals surface area contributed by atoms with Crippen LogP contribution in [0.1, 0.15) is 39.7 Å². The monoisotopic (exact) mass is 485 g/mol. The van der Waals surface area contributed by atoms with E-state index >= 15 is 0 Å². The van der Waals surface area contributed by atoms with Gasteiger partial charge in [0.25, 0.3) is 5.56 Å². The van der Waals surface area contributed by atoms with Crippen LogP contribution in [0.15, 0.2) is 27.8 Å². The zero-order valence-electron chi connectivity index (χ0n) is 19.4. The molecular formula is C23H27N5O5S. The second-order valence-corrected chi connectivity index (χ2v) is 10.1. The lowest BCUT2D eigenvalue weighted by molar-refractivity contribution is -0.116. The van der Waals surface area contributed by atoms with Gasteiger partial charge in [-0.15, -0.1) is 0 Å². The van der Waals surface area contributed by atoms with Crippen molar-refractivity contribution >= 4 is 38.4 Å². The molecule has 1 saturated heterocycles. The number of anilines is 2. The van der Waals surface area contributed by atoms with Crippen LogP contribution in [0, 0.1) is 5.92 Å². The maximum absolute atomic E-state index is 13.3. The molecule has 1 aromatic carbocycles. The number of aromatic nitrogens is 3. The SMILES string of the molecule is CC1CCN(c2nc3c(s2)c(=O)n(C(C)C)c(=O)n3CC(=O)Nc2ccc3c(c2)OCO3)CC1. The van der Waals surface area contributed by atoms with Crippen molar-refractivity contribution in [3.05, 3.63) is 39.0 Å². The predicted octanol–water partition coefficient (Wildman–Crippen LogP) is 2.80. The first-order chi connectivity index (χ1) is 16.3. The van der Waals surface area contributed by atoms with Crippen LogP contribution in [0.25, 0.3) is 10.3 Å². The summed E-state index contributed by atoms with van der Waals surface area (Å²) >= 11 is 1.29. The van der Waals surface area contributed by atoms with Gasteiger partial charge in [-0.3, -0.25) is 18.7 Å². The fourth-order valence-electron chi connectivity index (χ4n) is 4.29. The number of amides is 1. The van der Waals surface area contributed by atoms with E-state index in [1.54, 1.807) is 32.0 Å². The van der Waals surface area contributed by atoms with Crippen LogP contribution >= 0.6 is 11.3 Å². The minimum absolute atomic E-state index is 0.138. The molecule has 180 valence electrons. The van der Waals surface area contributed by atoms with Crippen molar-refractivity contribution in [2.45, 2.75) is 46.2 Å². The molecule has 0 spiro atoms. The molecule has 1 fully saturated rings. The summed E-state index contributed by atoms with van der Waals surface area (Å²) < 4.78 is 13.5. The van der Waals surface area contributed by atoms with Crippen LogP contribution in [-0.4, -0.2) is 39.9 Å². The molecule has 0 saturated carbocycles. The number of carbonyl (C=O) groups excluding carboxylic acids is 1. The standard InChI is InChI=1S/C23H27N5O5S/c1-13(2)28-21(30)19-20(25-22(34-19)26-8-6-14(3)7-9-26)27(23(28)31)11-18(29)24-15-4-5-16-17(10-15)33-12-32-16/h4-5,10,13-14H,6-9,11-12H2,1-3H3,(H,24,29). The summed E-state index contributed by atoms with van der Waals surface area (Å²) in [6.07, 6.45) is 2.10. The number of ether oxygens (including phenoxy) is 2. The Kier molecular flexibility index (Phi) is 5.80. The first-order valence-corrected chi connectivity index (χ1v) is 12.2. The Hall–Kier alpha value is -3.34. The molecule has 0 aliphatic carbocycles. The maximum Gasteiger partial charge on any atom is 0.333 e. The van der Waals surface area contributed by atoms with Gasteiger partial charge < -0.3 is 19.7 Å². The molecule has 0 bridgehead atoms. The van der Waals surface area contributed by atoms with Crippen LogP contribution in [0.4, 0.5) is 10.8 Å². The van der Waals surface area contributed by atoms with Gasteiger partial charge in [0.2, 0.25) is 12.7 Å². The quantitative estimate of drug-likeness (QED) is 0.592. The van der Waals surface area contributed by atoms with E-state index in [2.05, 4.69) is 22.1 Å². The molecule has 5 rings (SSSR count). The van der Waals surface area contributed by atoms with Crippen molar-refractivity contribution in [2.75, 3.05) is 30.1 Å².